The van der Waals surface area contributed by atoms with Crippen LogP contribution in [0.1, 0.15) is 25.5 Å². The van der Waals surface area contributed by atoms with Gasteiger partial charge in [-0.25, -0.2) is 0 Å². The molecule has 0 radical (unpaired) electrons. The Bertz CT molecular complexity index is 680. The van der Waals surface area contributed by atoms with Crippen LogP contribution in [-0.2, 0) is 19.1 Å². The van der Waals surface area contributed by atoms with E-state index in [2.05, 4.69) is 15.9 Å². The molecular formula is C16H16BrNO5. The average molecular weight is 382 g/mol. The molecule has 0 fully saturated rings. The molecule has 0 saturated carbocycles. The van der Waals surface area contributed by atoms with Gasteiger partial charge in [-0.05, 0) is 31.5 Å². The molecule has 1 heterocycles. The van der Waals surface area contributed by atoms with Gasteiger partial charge in [0.2, 0.25) is 0 Å². The van der Waals surface area contributed by atoms with E-state index in [1.807, 2.05) is 0 Å². The Morgan fingerprint density at radius 1 is 1.30 bits per heavy atom. The van der Waals surface area contributed by atoms with Crippen LogP contribution in [0.25, 0.3) is 0 Å². The minimum atomic E-state index is -0.808. The second kappa shape index (κ2) is 6.95. The highest BCUT2D eigenvalue weighted by Crippen LogP contribution is 2.37. The number of nitrogens with zero attached hydrogens (tertiary/aromatic N) is 1. The van der Waals surface area contributed by atoms with Gasteiger partial charge in [0.25, 0.3) is 5.91 Å². The largest absolute Gasteiger partial charge is 0.503 e. The SMILES string of the molecule is CCOC(=O)CN1C(=O)C(O)=C(C(C)=O)C1c1ccc(Br)cc1. The van der Waals surface area contributed by atoms with Crippen molar-refractivity contribution in [3.8, 4) is 0 Å². The van der Waals surface area contributed by atoms with E-state index in [1.54, 1.807) is 31.2 Å². The molecule has 0 aliphatic carbocycles. The molecule has 1 amide bonds. The van der Waals surface area contributed by atoms with Crippen LogP contribution in [0.15, 0.2) is 40.1 Å². The van der Waals surface area contributed by atoms with Gasteiger partial charge < -0.3 is 14.7 Å². The number of hydrogen-bond acceptors (Lipinski definition) is 5. The summed E-state index contributed by atoms with van der Waals surface area (Å²) < 4.78 is 5.69. The number of benzene rings is 1. The standard InChI is InChI=1S/C16H16BrNO5/c1-3-23-12(20)8-18-14(10-4-6-11(17)7-5-10)13(9(2)19)15(21)16(18)22/h4-7,14,21H,3,8H2,1-2H3. The Morgan fingerprint density at radius 3 is 2.43 bits per heavy atom. The van der Waals surface area contributed by atoms with E-state index in [1.165, 1.54) is 6.92 Å². The second-order valence-corrected chi connectivity index (χ2v) is 5.93. The minimum absolute atomic E-state index is 0.0124. The summed E-state index contributed by atoms with van der Waals surface area (Å²) in [6.07, 6.45) is 0. The summed E-state index contributed by atoms with van der Waals surface area (Å²) in [5.41, 5.74) is 0.613. The number of aliphatic hydroxyl groups is 1. The van der Waals surface area contributed by atoms with Crippen LogP contribution in [0.3, 0.4) is 0 Å². The molecule has 1 aromatic rings. The second-order valence-electron chi connectivity index (χ2n) is 5.01. The highest BCUT2D eigenvalue weighted by molar-refractivity contribution is 9.10. The van der Waals surface area contributed by atoms with Crippen molar-refractivity contribution in [1.82, 2.24) is 4.90 Å². The van der Waals surface area contributed by atoms with Crippen molar-refractivity contribution in [2.24, 2.45) is 0 Å². The quantitative estimate of drug-likeness (QED) is 0.791. The number of aliphatic hydroxyl groups excluding tert-OH is 1. The molecule has 6 nitrogen and oxygen atoms in total. The molecule has 2 rings (SSSR count). The van der Waals surface area contributed by atoms with Crippen molar-refractivity contribution in [2.75, 3.05) is 13.2 Å². The highest BCUT2D eigenvalue weighted by Gasteiger charge is 2.43. The topological polar surface area (TPSA) is 83.9 Å². The Hall–Kier alpha value is -2.15. The Balaban J connectivity index is 2.44. The van der Waals surface area contributed by atoms with Crippen molar-refractivity contribution < 1.29 is 24.2 Å². The third-order valence-corrected chi connectivity index (χ3v) is 4.00. The zero-order valence-electron chi connectivity index (χ0n) is 12.7. The van der Waals surface area contributed by atoms with Crippen LogP contribution in [0.4, 0.5) is 0 Å². The Kier molecular flexibility index (Phi) is 5.20. The monoisotopic (exact) mass is 381 g/mol. The number of ketones is 1. The van der Waals surface area contributed by atoms with Gasteiger partial charge in [0.1, 0.15) is 6.54 Å². The number of carbonyl (C=O) groups excluding carboxylic acids is 3. The van der Waals surface area contributed by atoms with Crippen LogP contribution in [0.5, 0.6) is 0 Å². The van der Waals surface area contributed by atoms with Crippen LogP contribution < -0.4 is 0 Å². The molecule has 1 unspecified atom stereocenters. The zero-order valence-corrected chi connectivity index (χ0v) is 14.3. The van der Waals surface area contributed by atoms with Gasteiger partial charge in [0.05, 0.1) is 18.2 Å². The van der Waals surface area contributed by atoms with Crippen LogP contribution >= 0.6 is 15.9 Å². The lowest BCUT2D eigenvalue weighted by Crippen LogP contribution is -2.36. The fourth-order valence-corrected chi connectivity index (χ4v) is 2.78. The fourth-order valence-electron chi connectivity index (χ4n) is 2.51. The van der Waals surface area contributed by atoms with Crippen molar-refractivity contribution in [3.05, 3.63) is 45.6 Å². The first-order chi connectivity index (χ1) is 10.9. The summed E-state index contributed by atoms with van der Waals surface area (Å²) >= 11 is 3.31. The maximum atomic E-state index is 12.3. The molecule has 1 aliphatic rings. The van der Waals surface area contributed by atoms with Crippen LogP contribution in [0, 0.1) is 0 Å². The van der Waals surface area contributed by atoms with Crippen LogP contribution in [0.2, 0.25) is 0 Å². The van der Waals surface area contributed by atoms with E-state index in [0.717, 1.165) is 9.37 Å². The summed E-state index contributed by atoms with van der Waals surface area (Å²) in [5.74, 6) is -2.39. The molecule has 0 bridgehead atoms. The fraction of sp³-hybridized carbons (Fsp3) is 0.312. The molecule has 23 heavy (non-hydrogen) atoms. The molecule has 1 aromatic carbocycles. The molecule has 0 spiro atoms. The van der Waals surface area contributed by atoms with E-state index < -0.39 is 29.5 Å². The van der Waals surface area contributed by atoms with E-state index in [0.29, 0.717) is 5.56 Å². The van der Waals surface area contributed by atoms with Gasteiger partial charge in [0.15, 0.2) is 11.5 Å². The lowest BCUT2D eigenvalue weighted by atomic mass is 9.97. The first-order valence-electron chi connectivity index (χ1n) is 7.03. The third-order valence-electron chi connectivity index (χ3n) is 3.47. The van der Waals surface area contributed by atoms with Crippen LogP contribution in [-0.4, -0.2) is 40.8 Å². The summed E-state index contributed by atoms with van der Waals surface area (Å²) in [5, 5.41) is 10.0. The number of amides is 1. The van der Waals surface area contributed by atoms with Crippen molar-refractivity contribution >= 4 is 33.6 Å². The van der Waals surface area contributed by atoms with Crippen molar-refractivity contribution in [1.29, 1.82) is 0 Å². The zero-order chi connectivity index (χ0) is 17.1. The molecule has 1 aliphatic heterocycles. The summed E-state index contributed by atoms with van der Waals surface area (Å²) in [4.78, 5) is 37.0. The molecular weight excluding hydrogens is 366 g/mol. The van der Waals surface area contributed by atoms with E-state index in [4.69, 9.17) is 4.74 Å². The number of carbonyl (C=O) groups is 3. The lowest BCUT2D eigenvalue weighted by molar-refractivity contribution is -0.148. The predicted octanol–water partition coefficient (Wildman–Crippen LogP) is 2.30. The Morgan fingerprint density at radius 2 is 1.91 bits per heavy atom. The average Bonchev–Trinajstić information content (AvgIpc) is 2.73. The predicted molar refractivity (Wildman–Crippen MR) is 85.6 cm³/mol. The Labute approximate surface area is 141 Å². The normalized spacial score (nSPS) is 17.6. The summed E-state index contributed by atoms with van der Waals surface area (Å²) in [7, 11) is 0. The van der Waals surface area contributed by atoms with Gasteiger partial charge >= 0.3 is 5.97 Å². The molecule has 1 N–H and O–H groups in total. The van der Waals surface area contributed by atoms with E-state index in [-0.39, 0.29) is 18.7 Å². The number of rotatable bonds is 5. The highest BCUT2D eigenvalue weighted by atomic mass is 79.9. The number of esters is 1. The number of ether oxygens (including phenoxy) is 1. The van der Waals surface area contributed by atoms with Crippen molar-refractivity contribution in [3.63, 3.8) is 0 Å². The first kappa shape index (κ1) is 17.2. The molecule has 0 aromatic heterocycles. The van der Waals surface area contributed by atoms with Gasteiger partial charge in [-0.1, -0.05) is 28.1 Å². The number of halogens is 1. The first-order valence-corrected chi connectivity index (χ1v) is 7.82. The third kappa shape index (κ3) is 3.44. The molecule has 1 atom stereocenters. The lowest BCUT2D eigenvalue weighted by Gasteiger charge is -2.25. The van der Waals surface area contributed by atoms with E-state index >= 15 is 0 Å². The number of hydrogen-bond donors (Lipinski definition) is 1. The smallest absolute Gasteiger partial charge is 0.325 e. The van der Waals surface area contributed by atoms with Gasteiger partial charge in [0, 0.05) is 4.47 Å². The van der Waals surface area contributed by atoms with Gasteiger partial charge in [-0.2, -0.15) is 0 Å². The van der Waals surface area contributed by atoms with Gasteiger partial charge in [-0.15, -0.1) is 0 Å². The minimum Gasteiger partial charge on any atom is -0.503 e. The molecule has 122 valence electrons. The maximum absolute atomic E-state index is 12.3. The summed E-state index contributed by atoms with van der Waals surface area (Å²) in [6, 6.07) is 6.16. The molecule has 7 heteroatoms. The maximum Gasteiger partial charge on any atom is 0.325 e. The molecule has 0 saturated heterocycles. The van der Waals surface area contributed by atoms with Crippen molar-refractivity contribution in [2.45, 2.75) is 19.9 Å². The number of Topliss-reactive ketones (excluding diaryl/α,β-unsaturated/α-hetero) is 1. The van der Waals surface area contributed by atoms with E-state index in [9.17, 15) is 19.5 Å². The van der Waals surface area contributed by atoms with Gasteiger partial charge in [-0.3, -0.25) is 14.4 Å². The summed E-state index contributed by atoms with van der Waals surface area (Å²) in [6.45, 7) is 2.78.